The van der Waals surface area contributed by atoms with Crippen molar-refractivity contribution in [3.8, 4) is 0 Å². The molecule has 0 aliphatic rings. The molecule has 0 saturated heterocycles. The molecule has 3 rings (SSSR count). The normalized spacial score (nSPS) is 10.4. The third-order valence-corrected chi connectivity index (χ3v) is 3.60. The van der Waals surface area contributed by atoms with E-state index < -0.39 is 0 Å². The fourth-order valence-electron chi connectivity index (χ4n) is 2.37. The van der Waals surface area contributed by atoms with Gasteiger partial charge in [-0.15, -0.1) is 0 Å². The maximum absolute atomic E-state index is 13.3. The SMILES string of the molecule is Cc1cc(C(=O)N(C)c2ccccc2)nc(Nc2cccc(F)c2)n1. The van der Waals surface area contributed by atoms with Crippen LogP contribution in [0, 0.1) is 12.7 Å². The van der Waals surface area contributed by atoms with Gasteiger partial charge in [-0.3, -0.25) is 4.79 Å². The predicted molar refractivity (Wildman–Crippen MR) is 95.6 cm³/mol. The zero-order chi connectivity index (χ0) is 17.8. The summed E-state index contributed by atoms with van der Waals surface area (Å²) in [7, 11) is 1.69. The molecule has 0 bridgehead atoms. The summed E-state index contributed by atoms with van der Waals surface area (Å²) in [6.45, 7) is 1.78. The number of aromatic nitrogens is 2. The van der Waals surface area contributed by atoms with E-state index in [0.29, 0.717) is 11.4 Å². The maximum Gasteiger partial charge on any atom is 0.276 e. The summed E-state index contributed by atoms with van der Waals surface area (Å²) < 4.78 is 13.3. The van der Waals surface area contributed by atoms with Crippen molar-refractivity contribution in [1.29, 1.82) is 0 Å². The molecule has 0 aliphatic heterocycles. The first-order valence-corrected chi connectivity index (χ1v) is 7.74. The van der Waals surface area contributed by atoms with Crippen LogP contribution in [-0.2, 0) is 0 Å². The average molecular weight is 336 g/mol. The number of para-hydroxylation sites is 1. The minimum atomic E-state index is -0.363. The van der Waals surface area contributed by atoms with Gasteiger partial charge in [0.15, 0.2) is 0 Å². The molecule has 0 unspecified atom stereocenters. The molecule has 0 aliphatic carbocycles. The summed E-state index contributed by atoms with van der Waals surface area (Å²) in [6.07, 6.45) is 0. The Kier molecular flexibility index (Phi) is 4.70. The Morgan fingerprint density at radius 1 is 1.04 bits per heavy atom. The Morgan fingerprint density at radius 2 is 1.80 bits per heavy atom. The highest BCUT2D eigenvalue weighted by molar-refractivity contribution is 6.04. The molecule has 126 valence electrons. The number of nitrogens with one attached hydrogen (secondary N) is 1. The van der Waals surface area contributed by atoms with Crippen molar-refractivity contribution < 1.29 is 9.18 Å². The van der Waals surface area contributed by atoms with E-state index in [1.807, 2.05) is 30.3 Å². The Balaban J connectivity index is 1.87. The largest absolute Gasteiger partial charge is 0.324 e. The smallest absolute Gasteiger partial charge is 0.276 e. The first-order chi connectivity index (χ1) is 12.0. The number of carbonyl (C=O) groups excluding carboxylic acids is 1. The summed E-state index contributed by atoms with van der Waals surface area (Å²) in [5.74, 6) is -0.368. The quantitative estimate of drug-likeness (QED) is 0.784. The zero-order valence-electron chi connectivity index (χ0n) is 13.9. The van der Waals surface area contributed by atoms with Gasteiger partial charge in [-0.1, -0.05) is 24.3 Å². The standard InChI is InChI=1S/C19H17FN4O/c1-13-11-17(18(25)24(2)16-9-4-3-5-10-16)23-19(21-13)22-15-8-6-7-14(20)12-15/h3-12H,1-2H3,(H,21,22,23). The predicted octanol–water partition coefficient (Wildman–Crippen LogP) is 3.94. The van der Waals surface area contributed by atoms with Gasteiger partial charge in [0.2, 0.25) is 5.95 Å². The van der Waals surface area contributed by atoms with Gasteiger partial charge in [0, 0.05) is 24.1 Å². The summed E-state index contributed by atoms with van der Waals surface area (Å²) in [5.41, 5.74) is 2.18. The van der Waals surface area contributed by atoms with Crippen LogP contribution in [-0.4, -0.2) is 22.9 Å². The van der Waals surface area contributed by atoms with E-state index >= 15 is 0 Å². The average Bonchev–Trinajstić information content (AvgIpc) is 2.60. The molecule has 0 fully saturated rings. The van der Waals surface area contributed by atoms with E-state index in [9.17, 15) is 9.18 Å². The molecule has 0 radical (unpaired) electrons. The second-order valence-electron chi connectivity index (χ2n) is 5.55. The molecule has 6 heteroatoms. The van der Waals surface area contributed by atoms with Crippen molar-refractivity contribution in [3.05, 3.63) is 77.9 Å². The van der Waals surface area contributed by atoms with Crippen LogP contribution in [0.4, 0.5) is 21.7 Å². The number of nitrogens with zero attached hydrogens (tertiary/aromatic N) is 3. The van der Waals surface area contributed by atoms with E-state index in [4.69, 9.17) is 0 Å². The number of hydrogen-bond acceptors (Lipinski definition) is 4. The fourth-order valence-corrected chi connectivity index (χ4v) is 2.37. The first-order valence-electron chi connectivity index (χ1n) is 7.74. The van der Waals surface area contributed by atoms with Crippen LogP contribution in [0.1, 0.15) is 16.2 Å². The maximum atomic E-state index is 13.3. The monoisotopic (exact) mass is 336 g/mol. The number of benzene rings is 2. The lowest BCUT2D eigenvalue weighted by atomic mass is 10.2. The number of anilines is 3. The third kappa shape index (κ3) is 3.98. The lowest BCUT2D eigenvalue weighted by molar-refractivity contribution is 0.0988. The molecular formula is C19H17FN4O. The van der Waals surface area contributed by atoms with Crippen molar-refractivity contribution in [3.63, 3.8) is 0 Å². The lowest BCUT2D eigenvalue weighted by Gasteiger charge is -2.17. The van der Waals surface area contributed by atoms with Crippen molar-refractivity contribution in [1.82, 2.24) is 9.97 Å². The molecule has 1 heterocycles. The molecule has 1 amide bonds. The van der Waals surface area contributed by atoms with Crippen LogP contribution in [0.2, 0.25) is 0 Å². The summed E-state index contributed by atoms with van der Waals surface area (Å²) in [4.78, 5) is 22.8. The number of halogens is 1. The Labute approximate surface area is 145 Å². The topological polar surface area (TPSA) is 58.1 Å². The van der Waals surface area contributed by atoms with Gasteiger partial charge in [0.1, 0.15) is 11.5 Å². The molecule has 3 aromatic rings. The van der Waals surface area contributed by atoms with Gasteiger partial charge >= 0.3 is 0 Å². The summed E-state index contributed by atoms with van der Waals surface area (Å²) >= 11 is 0. The molecule has 0 saturated carbocycles. The van der Waals surface area contributed by atoms with Crippen molar-refractivity contribution >= 4 is 23.2 Å². The number of amides is 1. The summed E-state index contributed by atoms with van der Waals surface area (Å²) in [6, 6.07) is 16.9. The van der Waals surface area contributed by atoms with E-state index in [1.165, 1.54) is 17.0 Å². The van der Waals surface area contributed by atoms with Gasteiger partial charge < -0.3 is 10.2 Å². The summed E-state index contributed by atoms with van der Waals surface area (Å²) in [5, 5.41) is 2.93. The van der Waals surface area contributed by atoms with Crippen molar-refractivity contribution in [2.45, 2.75) is 6.92 Å². The van der Waals surface area contributed by atoms with E-state index in [0.717, 1.165) is 5.69 Å². The van der Waals surface area contributed by atoms with Gasteiger partial charge in [0.25, 0.3) is 5.91 Å². The second-order valence-corrected chi connectivity index (χ2v) is 5.55. The third-order valence-electron chi connectivity index (χ3n) is 3.60. The number of carbonyl (C=O) groups is 1. The molecule has 25 heavy (non-hydrogen) atoms. The first kappa shape index (κ1) is 16.6. The molecular weight excluding hydrogens is 319 g/mol. The highest BCUT2D eigenvalue weighted by Crippen LogP contribution is 2.18. The van der Waals surface area contributed by atoms with Crippen LogP contribution in [0.15, 0.2) is 60.7 Å². The Morgan fingerprint density at radius 3 is 2.52 bits per heavy atom. The zero-order valence-corrected chi connectivity index (χ0v) is 13.9. The minimum absolute atomic E-state index is 0.246. The van der Waals surface area contributed by atoms with Crippen LogP contribution < -0.4 is 10.2 Å². The number of hydrogen-bond donors (Lipinski definition) is 1. The van der Waals surface area contributed by atoms with Gasteiger partial charge in [-0.2, -0.15) is 0 Å². The van der Waals surface area contributed by atoms with E-state index in [2.05, 4.69) is 15.3 Å². The molecule has 5 nitrogen and oxygen atoms in total. The highest BCUT2D eigenvalue weighted by atomic mass is 19.1. The van der Waals surface area contributed by atoms with Crippen LogP contribution in [0.25, 0.3) is 0 Å². The molecule has 0 spiro atoms. The van der Waals surface area contributed by atoms with Gasteiger partial charge in [0.05, 0.1) is 0 Å². The van der Waals surface area contributed by atoms with Gasteiger partial charge in [-0.25, -0.2) is 14.4 Å². The van der Waals surface area contributed by atoms with Crippen LogP contribution in [0.3, 0.4) is 0 Å². The van der Waals surface area contributed by atoms with E-state index in [1.54, 1.807) is 32.2 Å². The highest BCUT2D eigenvalue weighted by Gasteiger charge is 2.16. The van der Waals surface area contributed by atoms with E-state index in [-0.39, 0.29) is 23.4 Å². The van der Waals surface area contributed by atoms with Crippen molar-refractivity contribution in [2.24, 2.45) is 0 Å². The fraction of sp³-hybridized carbons (Fsp3) is 0.105. The van der Waals surface area contributed by atoms with Crippen LogP contribution in [0.5, 0.6) is 0 Å². The van der Waals surface area contributed by atoms with Crippen molar-refractivity contribution in [2.75, 3.05) is 17.3 Å². The Bertz CT molecular complexity index is 899. The number of rotatable bonds is 4. The van der Waals surface area contributed by atoms with Gasteiger partial charge in [-0.05, 0) is 43.3 Å². The molecule has 2 aromatic carbocycles. The molecule has 0 atom stereocenters. The Hall–Kier alpha value is -3.28. The molecule has 1 aromatic heterocycles. The second kappa shape index (κ2) is 7.09. The number of aryl methyl sites for hydroxylation is 1. The van der Waals surface area contributed by atoms with Crippen LogP contribution >= 0.6 is 0 Å². The minimum Gasteiger partial charge on any atom is -0.324 e. The molecule has 1 N–H and O–H groups in total. The lowest BCUT2D eigenvalue weighted by Crippen LogP contribution is -2.27.